The zero-order valence-electron chi connectivity index (χ0n) is 29.6. The average molecular weight is 731 g/mol. The van der Waals surface area contributed by atoms with Crippen molar-refractivity contribution in [3.05, 3.63) is 191 Å². The number of aromatic nitrogens is 4. The Kier molecular flexibility index (Phi) is 6.24. The molecule has 2 aliphatic rings. The second-order valence-corrected chi connectivity index (χ2v) is 15.4. The van der Waals surface area contributed by atoms with Crippen LogP contribution in [-0.2, 0) is 5.41 Å². The van der Waals surface area contributed by atoms with Gasteiger partial charge in [-0.3, -0.25) is 9.97 Å². The van der Waals surface area contributed by atoms with Gasteiger partial charge in [-0.15, -0.1) is 0 Å². The van der Waals surface area contributed by atoms with E-state index in [1.54, 1.807) is 11.8 Å². The summed E-state index contributed by atoms with van der Waals surface area (Å²) in [5.74, 6) is 0. The van der Waals surface area contributed by atoms with Gasteiger partial charge in [0.05, 0.1) is 73.5 Å². The van der Waals surface area contributed by atoms with Gasteiger partial charge >= 0.3 is 0 Å². The van der Waals surface area contributed by atoms with Crippen LogP contribution < -0.4 is 0 Å². The molecule has 0 saturated carbocycles. The van der Waals surface area contributed by atoms with Crippen molar-refractivity contribution in [2.75, 3.05) is 0 Å². The highest BCUT2D eigenvalue weighted by molar-refractivity contribution is 7.99. The molecule has 0 amide bonds. The van der Waals surface area contributed by atoms with Crippen molar-refractivity contribution in [3.63, 3.8) is 0 Å². The fourth-order valence-corrected chi connectivity index (χ4v) is 11.0. The van der Waals surface area contributed by atoms with Crippen molar-refractivity contribution in [2.24, 2.45) is 0 Å². The molecule has 10 aromatic rings. The predicted molar refractivity (Wildman–Crippen MR) is 222 cm³/mol. The zero-order valence-corrected chi connectivity index (χ0v) is 30.4. The highest BCUT2D eigenvalue weighted by atomic mass is 32.2. The fourth-order valence-electron chi connectivity index (χ4n) is 9.58. The van der Waals surface area contributed by atoms with Crippen LogP contribution in [0, 0.1) is 22.7 Å². The molecule has 0 bridgehead atoms. The molecule has 4 aromatic heterocycles. The van der Waals surface area contributed by atoms with Gasteiger partial charge in [-0.1, -0.05) is 84.6 Å². The maximum atomic E-state index is 9.93. The Labute approximate surface area is 325 Å². The number of benzene rings is 6. The third-order valence-corrected chi connectivity index (χ3v) is 13.0. The third-order valence-electron chi connectivity index (χ3n) is 11.7. The summed E-state index contributed by atoms with van der Waals surface area (Å²) >= 11 is 1.80. The van der Waals surface area contributed by atoms with E-state index in [0.29, 0.717) is 11.1 Å². The molecule has 0 fully saturated rings. The largest absolute Gasteiger partial charge is 0.308 e. The molecule has 0 saturated heterocycles. The lowest BCUT2D eigenvalue weighted by Crippen LogP contribution is -2.33. The molecule has 1 aliphatic carbocycles. The molecule has 0 unspecified atom stereocenters. The zero-order chi connectivity index (χ0) is 37.1. The number of para-hydroxylation sites is 2. The van der Waals surface area contributed by atoms with Gasteiger partial charge in [0.1, 0.15) is 0 Å². The summed E-state index contributed by atoms with van der Waals surface area (Å²) in [6, 6.07) is 55.6. The molecule has 0 radical (unpaired) electrons. The SMILES string of the molecule is N#Cc1ccc2c(c1)c1cc(C#N)ccc1n2-c1cccc2c1Sc1c(-n3c4ccccc4c4ccccc43)cccc1C21c2cccnc2-c2ncccc21. The maximum Gasteiger partial charge on any atom is 0.0991 e. The number of hydrogen-bond donors (Lipinski definition) is 0. The van der Waals surface area contributed by atoms with Crippen molar-refractivity contribution in [3.8, 4) is 34.9 Å². The predicted octanol–water partition coefficient (Wildman–Crippen LogP) is 11.2. The summed E-state index contributed by atoms with van der Waals surface area (Å²) in [5, 5.41) is 24.2. The van der Waals surface area contributed by atoms with Crippen molar-refractivity contribution >= 4 is 55.4 Å². The first-order valence-electron chi connectivity index (χ1n) is 18.4. The molecule has 258 valence electrons. The van der Waals surface area contributed by atoms with Gasteiger partial charge < -0.3 is 9.13 Å². The van der Waals surface area contributed by atoms with Crippen LogP contribution in [0.2, 0.25) is 0 Å². The van der Waals surface area contributed by atoms with Crippen molar-refractivity contribution in [1.82, 2.24) is 19.1 Å². The highest BCUT2D eigenvalue weighted by Gasteiger charge is 2.52. The average Bonchev–Trinajstić information content (AvgIpc) is 3.87. The topological polar surface area (TPSA) is 83.2 Å². The third kappa shape index (κ3) is 3.84. The molecule has 1 aliphatic heterocycles. The Morgan fingerprint density at radius 2 is 0.893 bits per heavy atom. The highest BCUT2D eigenvalue weighted by Crippen LogP contribution is 2.63. The lowest BCUT2D eigenvalue weighted by atomic mass is 9.67. The van der Waals surface area contributed by atoms with Crippen LogP contribution in [0.5, 0.6) is 0 Å². The van der Waals surface area contributed by atoms with Crippen molar-refractivity contribution in [2.45, 2.75) is 15.2 Å². The van der Waals surface area contributed by atoms with E-state index in [-0.39, 0.29) is 0 Å². The number of pyridine rings is 2. The monoisotopic (exact) mass is 730 g/mol. The van der Waals surface area contributed by atoms with E-state index in [9.17, 15) is 10.5 Å². The normalized spacial score (nSPS) is 13.4. The molecule has 1 spiro atoms. The molecule has 6 aromatic carbocycles. The van der Waals surface area contributed by atoms with E-state index in [2.05, 4.69) is 118 Å². The first-order valence-corrected chi connectivity index (χ1v) is 19.3. The van der Waals surface area contributed by atoms with Crippen LogP contribution in [0.3, 0.4) is 0 Å². The van der Waals surface area contributed by atoms with E-state index >= 15 is 0 Å². The molecule has 5 heterocycles. The summed E-state index contributed by atoms with van der Waals surface area (Å²) < 4.78 is 4.73. The van der Waals surface area contributed by atoms with Gasteiger partial charge in [0.15, 0.2) is 0 Å². The van der Waals surface area contributed by atoms with Gasteiger partial charge in [0.2, 0.25) is 0 Å². The van der Waals surface area contributed by atoms with Crippen LogP contribution in [0.4, 0.5) is 0 Å². The second-order valence-electron chi connectivity index (χ2n) is 14.4. The first-order chi connectivity index (χ1) is 27.7. The molecule has 0 atom stereocenters. The van der Waals surface area contributed by atoms with E-state index in [1.807, 2.05) is 60.9 Å². The summed E-state index contributed by atoms with van der Waals surface area (Å²) in [6.07, 6.45) is 3.73. The Morgan fingerprint density at radius 1 is 0.446 bits per heavy atom. The van der Waals surface area contributed by atoms with Gasteiger partial charge in [0.25, 0.3) is 0 Å². The summed E-state index contributed by atoms with van der Waals surface area (Å²) in [6.45, 7) is 0. The lowest BCUT2D eigenvalue weighted by molar-refractivity contribution is 0.714. The fraction of sp³-hybridized carbons (Fsp3) is 0.0204. The van der Waals surface area contributed by atoms with Crippen LogP contribution in [0.15, 0.2) is 168 Å². The summed E-state index contributed by atoms with van der Waals surface area (Å²) in [5.41, 5.74) is 13.1. The Bertz CT molecular complexity index is 3280. The molecule has 7 heteroatoms. The summed E-state index contributed by atoms with van der Waals surface area (Å²) in [4.78, 5) is 12.3. The van der Waals surface area contributed by atoms with E-state index in [0.717, 1.165) is 82.1 Å². The number of nitriles is 2. The second kappa shape index (κ2) is 11.3. The minimum atomic E-state index is -0.728. The smallest absolute Gasteiger partial charge is 0.0991 e. The van der Waals surface area contributed by atoms with E-state index in [1.165, 1.54) is 16.3 Å². The van der Waals surface area contributed by atoms with Crippen LogP contribution >= 0.6 is 11.8 Å². The molecule has 6 nitrogen and oxygen atoms in total. The summed E-state index contributed by atoms with van der Waals surface area (Å²) in [7, 11) is 0. The van der Waals surface area contributed by atoms with Crippen LogP contribution in [0.1, 0.15) is 33.4 Å². The van der Waals surface area contributed by atoms with E-state index in [4.69, 9.17) is 9.97 Å². The molecule has 56 heavy (non-hydrogen) atoms. The first kappa shape index (κ1) is 31.0. The van der Waals surface area contributed by atoms with Crippen molar-refractivity contribution in [1.29, 1.82) is 10.5 Å². The minimum Gasteiger partial charge on any atom is -0.308 e. The Balaban J connectivity index is 1.25. The van der Waals surface area contributed by atoms with Gasteiger partial charge in [-0.25, -0.2) is 0 Å². The Hall–Kier alpha value is -7.45. The molecular formula is C49H26N6S. The van der Waals surface area contributed by atoms with Gasteiger partial charge in [-0.05, 0) is 95.1 Å². The molecular weight excluding hydrogens is 705 g/mol. The maximum absolute atomic E-state index is 9.93. The van der Waals surface area contributed by atoms with Crippen molar-refractivity contribution < 1.29 is 0 Å². The standard InChI is InChI=1S/C49H26N6S/c50-27-29-19-21-41-33(25-29)34-26-30(28-51)20-22-42(34)55(41)44-18-6-12-38-48(44)56-47-37(49(38)35-13-7-23-52-45(35)46-36(49)14-8-24-53-46)11-5-17-43(47)54-39-15-3-1-9-31(39)32-10-2-4-16-40(32)54/h1-26H. The Morgan fingerprint density at radius 3 is 1.38 bits per heavy atom. The number of fused-ring (bicyclic) bond motifs is 15. The molecule has 0 N–H and O–H groups in total. The minimum absolute atomic E-state index is 0.575. The van der Waals surface area contributed by atoms with Gasteiger partial charge in [0, 0.05) is 43.7 Å². The number of rotatable bonds is 2. The number of nitrogens with zero attached hydrogens (tertiary/aromatic N) is 6. The van der Waals surface area contributed by atoms with Crippen LogP contribution in [-0.4, -0.2) is 19.1 Å². The quantitative estimate of drug-likeness (QED) is 0.177. The van der Waals surface area contributed by atoms with E-state index < -0.39 is 5.41 Å². The lowest BCUT2D eigenvalue weighted by Gasteiger charge is -2.40. The van der Waals surface area contributed by atoms with Gasteiger partial charge in [-0.2, -0.15) is 10.5 Å². The molecule has 12 rings (SSSR count). The number of hydrogen-bond acceptors (Lipinski definition) is 5. The van der Waals surface area contributed by atoms with Crippen LogP contribution in [0.25, 0.3) is 66.4 Å².